The molecule has 0 radical (unpaired) electrons. The van der Waals surface area contributed by atoms with Crippen molar-refractivity contribution in [3.05, 3.63) is 65.2 Å². The maximum atomic E-state index is 12.5. The highest BCUT2D eigenvalue weighted by Gasteiger charge is 2.30. The predicted molar refractivity (Wildman–Crippen MR) is 92.5 cm³/mol. The second-order valence-electron chi connectivity index (χ2n) is 5.82. The van der Waals surface area contributed by atoms with Crippen LogP contribution >= 0.6 is 0 Å². The van der Waals surface area contributed by atoms with Gasteiger partial charge in [-0.2, -0.15) is 13.2 Å². The van der Waals surface area contributed by atoms with Gasteiger partial charge in [0.1, 0.15) is 0 Å². The molecule has 0 saturated heterocycles. The summed E-state index contributed by atoms with van der Waals surface area (Å²) in [5.41, 5.74) is 1.28. The van der Waals surface area contributed by atoms with Gasteiger partial charge < -0.3 is 10.6 Å². The SMILES string of the molecule is CCc1ccc(C(C)NC(=O)C(=O)Nc2ccc(C(F)(F)F)cc2)cc1. The number of carbonyl (C=O) groups excluding carboxylic acids is 2. The van der Waals surface area contributed by atoms with Gasteiger partial charge in [-0.3, -0.25) is 9.59 Å². The van der Waals surface area contributed by atoms with Crippen molar-refractivity contribution < 1.29 is 22.8 Å². The molecule has 2 aromatic rings. The van der Waals surface area contributed by atoms with Gasteiger partial charge in [0, 0.05) is 5.69 Å². The zero-order valence-electron chi connectivity index (χ0n) is 14.4. The standard InChI is InChI=1S/C19H19F3N2O2/c1-3-13-4-6-14(7-5-13)12(2)23-17(25)18(26)24-16-10-8-15(9-11-16)19(20,21)22/h4-12H,3H2,1-2H3,(H,23,25)(H,24,26). The number of hydrogen-bond donors (Lipinski definition) is 2. The fourth-order valence-electron chi connectivity index (χ4n) is 2.32. The van der Waals surface area contributed by atoms with E-state index in [-0.39, 0.29) is 11.7 Å². The third kappa shape index (κ3) is 5.08. The third-order valence-electron chi connectivity index (χ3n) is 3.91. The lowest BCUT2D eigenvalue weighted by atomic mass is 10.1. The van der Waals surface area contributed by atoms with Gasteiger partial charge in [0.05, 0.1) is 11.6 Å². The van der Waals surface area contributed by atoms with Crippen molar-refractivity contribution in [2.45, 2.75) is 32.5 Å². The quantitative estimate of drug-likeness (QED) is 0.803. The number of rotatable bonds is 4. The van der Waals surface area contributed by atoms with Gasteiger partial charge in [-0.1, -0.05) is 31.2 Å². The molecule has 1 atom stereocenters. The highest BCUT2D eigenvalue weighted by Crippen LogP contribution is 2.29. The van der Waals surface area contributed by atoms with Crippen LogP contribution in [-0.2, 0) is 22.2 Å². The maximum Gasteiger partial charge on any atom is 0.416 e. The van der Waals surface area contributed by atoms with Gasteiger partial charge in [0.25, 0.3) is 0 Å². The first-order valence-corrected chi connectivity index (χ1v) is 8.08. The topological polar surface area (TPSA) is 58.2 Å². The molecule has 7 heteroatoms. The molecule has 2 amide bonds. The van der Waals surface area contributed by atoms with Gasteiger partial charge >= 0.3 is 18.0 Å². The molecule has 2 rings (SSSR count). The number of anilines is 1. The van der Waals surface area contributed by atoms with Crippen LogP contribution in [0.4, 0.5) is 18.9 Å². The van der Waals surface area contributed by atoms with Gasteiger partial charge in [-0.15, -0.1) is 0 Å². The molecule has 1 unspecified atom stereocenters. The molecule has 4 nitrogen and oxygen atoms in total. The Morgan fingerprint density at radius 1 is 0.962 bits per heavy atom. The van der Waals surface area contributed by atoms with E-state index in [4.69, 9.17) is 0 Å². The normalized spacial score (nSPS) is 12.3. The van der Waals surface area contributed by atoms with E-state index in [1.165, 1.54) is 0 Å². The van der Waals surface area contributed by atoms with E-state index < -0.39 is 23.6 Å². The molecule has 2 aromatic carbocycles. The van der Waals surface area contributed by atoms with Crippen LogP contribution in [0.3, 0.4) is 0 Å². The summed E-state index contributed by atoms with van der Waals surface area (Å²) >= 11 is 0. The second-order valence-corrected chi connectivity index (χ2v) is 5.82. The van der Waals surface area contributed by atoms with Gasteiger partial charge in [0.2, 0.25) is 0 Å². The first kappa shape index (κ1) is 19.5. The van der Waals surface area contributed by atoms with E-state index in [1.807, 2.05) is 31.2 Å². The van der Waals surface area contributed by atoms with Crippen molar-refractivity contribution in [2.24, 2.45) is 0 Å². The zero-order chi connectivity index (χ0) is 19.3. The Balaban J connectivity index is 1.95. The average Bonchev–Trinajstić information content (AvgIpc) is 2.61. The summed E-state index contributed by atoms with van der Waals surface area (Å²) in [6.45, 7) is 3.77. The van der Waals surface area contributed by atoms with Crippen LogP contribution in [-0.4, -0.2) is 11.8 Å². The summed E-state index contributed by atoms with van der Waals surface area (Å²) in [5.74, 6) is -1.81. The van der Waals surface area contributed by atoms with E-state index in [2.05, 4.69) is 10.6 Å². The van der Waals surface area contributed by atoms with Crippen molar-refractivity contribution in [1.29, 1.82) is 0 Å². The van der Waals surface area contributed by atoms with E-state index in [9.17, 15) is 22.8 Å². The minimum absolute atomic E-state index is 0.109. The lowest BCUT2D eigenvalue weighted by Gasteiger charge is -2.15. The van der Waals surface area contributed by atoms with Crippen LogP contribution < -0.4 is 10.6 Å². The van der Waals surface area contributed by atoms with Crippen LogP contribution in [0.2, 0.25) is 0 Å². The Bertz CT molecular complexity index is 769. The summed E-state index contributed by atoms with van der Waals surface area (Å²) < 4.78 is 37.5. The Kier molecular flexibility index (Phi) is 6.02. The fraction of sp³-hybridized carbons (Fsp3) is 0.263. The Labute approximate surface area is 149 Å². The number of alkyl halides is 3. The highest BCUT2D eigenvalue weighted by molar-refractivity contribution is 6.39. The molecule has 0 fully saturated rings. The molecular formula is C19H19F3N2O2. The second kappa shape index (κ2) is 8.03. The molecule has 26 heavy (non-hydrogen) atoms. The van der Waals surface area contributed by atoms with Crippen molar-refractivity contribution in [2.75, 3.05) is 5.32 Å². The van der Waals surface area contributed by atoms with Gasteiger partial charge in [-0.05, 0) is 48.7 Å². The van der Waals surface area contributed by atoms with Crippen molar-refractivity contribution >= 4 is 17.5 Å². The summed E-state index contributed by atoms with van der Waals surface area (Å²) in [4.78, 5) is 23.9. The fourth-order valence-corrected chi connectivity index (χ4v) is 2.32. The molecule has 0 aliphatic carbocycles. The molecule has 2 N–H and O–H groups in total. The lowest BCUT2D eigenvalue weighted by molar-refractivity contribution is -0.137. The van der Waals surface area contributed by atoms with Crippen molar-refractivity contribution in [1.82, 2.24) is 5.32 Å². The number of benzene rings is 2. The van der Waals surface area contributed by atoms with Crippen LogP contribution in [0.25, 0.3) is 0 Å². The van der Waals surface area contributed by atoms with E-state index in [0.29, 0.717) is 0 Å². The molecule has 0 bridgehead atoms. The molecular weight excluding hydrogens is 345 g/mol. The summed E-state index contributed by atoms with van der Waals surface area (Å²) in [7, 11) is 0. The van der Waals surface area contributed by atoms with Crippen LogP contribution in [0.15, 0.2) is 48.5 Å². The summed E-state index contributed by atoms with van der Waals surface area (Å²) in [6.07, 6.45) is -3.56. The average molecular weight is 364 g/mol. The number of amides is 2. The first-order valence-electron chi connectivity index (χ1n) is 8.08. The minimum Gasteiger partial charge on any atom is -0.341 e. The van der Waals surface area contributed by atoms with Gasteiger partial charge in [0.15, 0.2) is 0 Å². The molecule has 0 aliphatic rings. The number of nitrogens with one attached hydrogen (secondary N) is 2. The monoisotopic (exact) mass is 364 g/mol. The largest absolute Gasteiger partial charge is 0.416 e. The zero-order valence-corrected chi connectivity index (χ0v) is 14.4. The van der Waals surface area contributed by atoms with Gasteiger partial charge in [-0.25, -0.2) is 0 Å². The van der Waals surface area contributed by atoms with E-state index in [1.54, 1.807) is 6.92 Å². The van der Waals surface area contributed by atoms with Crippen molar-refractivity contribution in [3.8, 4) is 0 Å². The van der Waals surface area contributed by atoms with E-state index in [0.717, 1.165) is 41.8 Å². The molecule has 0 spiro atoms. The highest BCUT2D eigenvalue weighted by atomic mass is 19.4. The van der Waals surface area contributed by atoms with Crippen molar-refractivity contribution in [3.63, 3.8) is 0 Å². The Morgan fingerprint density at radius 3 is 2.04 bits per heavy atom. The molecule has 0 saturated carbocycles. The first-order chi connectivity index (χ1) is 12.2. The molecule has 0 aromatic heterocycles. The maximum absolute atomic E-state index is 12.5. The van der Waals surface area contributed by atoms with Crippen LogP contribution in [0.1, 0.15) is 36.6 Å². The predicted octanol–water partition coefficient (Wildman–Crippen LogP) is 4.08. The molecule has 0 aliphatic heterocycles. The molecule has 138 valence electrons. The van der Waals surface area contributed by atoms with Crippen LogP contribution in [0, 0.1) is 0 Å². The summed E-state index contributed by atoms with van der Waals surface area (Å²) in [6, 6.07) is 11.1. The number of aryl methyl sites for hydroxylation is 1. The molecule has 0 heterocycles. The lowest BCUT2D eigenvalue weighted by Crippen LogP contribution is -2.36. The minimum atomic E-state index is -4.46. The Hall–Kier alpha value is -2.83. The third-order valence-corrected chi connectivity index (χ3v) is 3.91. The number of carbonyl (C=O) groups is 2. The smallest absolute Gasteiger partial charge is 0.341 e. The van der Waals surface area contributed by atoms with Crippen LogP contribution in [0.5, 0.6) is 0 Å². The Morgan fingerprint density at radius 2 is 1.54 bits per heavy atom. The van der Waals surface area contributed by atoms with E-state index >= 15 is 0 Å². The summed E-state index contributed by atoms with van der Waals surface area (Å²) in [5, 5.41) is 4.84. The number of halogens is 3. The number of hydrogen-bond acceptors (Lipinski definition) is 2.